The lowest BCUT2D eigenvalue weighted by Gasteiger charge is -2.35. The van der Waals surface area contributed by atoms with Gasteiger partial charge in [0, 0.05) is 31.6 Å². The Labute approximate surface area is 96.2 Å². The molecule has 1 saturated carbocycles. The standard InChI is InChI=1S/C12H20N4/c1-8-2-9(3-8)13-5-10-4-11-12(6-14-10)16-7-15-11/h7-10,13-14H,2-6H2,1H3,(H,15,16). The lowest BCUT2D eigenvalue weighted by Crippen LogP contribution is -2.49. The van der Waals surface area contributed by atoms with Gasteiger partial charge in [0.2, 0.25) is 0 Å². The van der Waals surface area contributed by atoms with Crippen molar-refractivity contribution in [1.82, 2.24) is 20.6 Å². The van der Waals surface area contributed by atoms with E-state index in [4.69, 9.17) is 0 Å². The van der Waals surface area contributed by atoms with Crippen LogP contribution in [-0.2, 0) is 13.0 Å². The van der Waals surface area contributed by atoms with Gasteiger partial charge in [0.05, 0.1) is 17.7 Å². The van der Waals surface area contributed by atoms with Gasteiger partial charge < -0.3 is 15.6 Å². The third kappa shape index (κ3) is 1.99. The maximum absolute atomic E-state index is 4.36. The lowest BCUT2D eigenvalue weighted by molar-refractivity contribution is 0.233. The predicted molar refractivity (Wildman–Crippen MR) is 63.1 cm³/mol. The van der Waals surface area contributed by atoms with Crippen molar-refractivity contribution in [2.24, 2.45) is 5.92 Å². The summed E-state index contributed by atoms with van der Waals surface area (Å²) in [5.41, 5.74) is 2.50. The van der Waals surface area contributed by atoms with Crippen LogP contribution in [0.25, 0.3) is 0 Å². The smallest absolute Gasteiger partial charge is 0.0925 e. The molecule has 0 aromatic carbocycles. The van der Waals surface area contributed by atoms with Gasteiger partial charge in [-0.05, 0) is 18.8 Å². The van der Waals surface area contributed by atoms with Gasteiger partial charge in [0.15, 0.2) is 0 Å². The van der Waals surface area contributed by atoms with Crippen molar-refractivity contribution < 1.29 is 0 Å². The minimum atomic E-state index is 0.548. The molecule has 1 aromatic rings. The first-order chi connectivity index (χ1) is 7.81. The zero-order chi connectivity index (χ0) is 11.0. The highest BCUT2D eigenvalue weighted by Crippen LogP contribution is 2.26. The molecule has 1 fully saturated rings. The average molecular weight is 220 g/mol. The zero-order valence-electron chi connectivity index (χ0n) is 9.79. The molecular formula is C12H20N4. The fourth-order valence-corrected chi connectivity index (χ4v) is 2.75. The van der Waals surface area contributed by atoms with E-state index < -0.39 is 0 Å². The van der Waals surface area contributed by atoms with Crippen molar-refractivity contribution >= 4 is 0 Å². The molecule has 3 N–H and O–H groups in total. The van der Waals surface area contributed by atoms with Gasteiger partial charge in [-0.1, -0.05) is 6.92 Å². The maximum atomic E-state index is 4.36. The number of nitrogens with one attached hydrogen (secondary N) is 3. The van der Waals surface area contributed by atoms with Crippen molar-refractivity contribution in [3.8, 4) is 0 Å². The normalized spacial score (nSPS) is 33.2. The molecule has 2 heterocycles. The Hall–Kier alpha value is -0.870. The van der Waals surface area contributed by atoms with Crippen molar-refractivity contribution in [3.63, 3.8) is 0 Å². The molecule has 0 radical (unpaired) electrons. The highest BCUT2D eigenvalue weighted by Gasteiger charge is 2.26. The maximum Gasteiger partial charge on any atom is 0.0925 e. The monoisotopic (exact) mass is 220 g/mol. The Balaban J connectivity index is 1.47. The quantitative estimate of drug-likeness (QED) is 0.706. The van der Waals surface area contributed by atoms with Gasteiger partial charge in [-0.3, -0.25) is 0 Å². The van der Waals surface area contributed by atoms with Gasteiger partial charge in [-0.25, -0.2) is 4.98 Å². The summed E-state index contributed by atoms with van der Waals surface area (Å²) in [6, 6.07) is 1.31. The van der Waals surface area contributed by atoms with Crippen LogP contribution in [0.2, 0.25) is 0 Å². The molecule has 0 bridgehead atoms. The molecule has 1 aliphatic heterocycles. The van der Waals surface area contributed by atoms with Crippen molar-refractivity contribution in [1.29, 1.82) is 0 Å². The van der Waals surface area contributed by atoms with Crippen LogP contribution in [-0.4, -0.2) is 28.6 Å². The van der Waals surface area contributed by atoms with E-state index in [9.17, 15) is 0 Å². The Kier molecular flexibility index (Phi) is 2.69. The molecule has 4 heteroatoms. The van der Waals surface area contributed by atoms with Crippen LogP contribution < -0.4 is 10.6 Å². The van der Waals surface area contributed by atoms with Gasteiger partial charge in [-0.2, -0.15) is 0 Å². The summed E-state index contributed by atoms with van der Waals surface area (Å²) in [5, 5.41) is 7.18. The van der Waals surface area contributed by atoms with E-state index in [-0.39, 0.29) is 0 Å². The first kappa shape index (κ1) is 10.3. The third-order valence-electron chi connectivity index (χ3n) is 3.84. The van der Waals surface area contributed by atoms with Crippen LogP contribution in [0.4, 0.5) is 0 Å². The number of fused-ring (bicyclic) bond motifs is 1. The minimum absolute atomic E-state index is 0.548. The van der Waals surface area contributed by atoms with Crippen LogP contribution >= 0.6 is 0 Å². The van der Waals surface area contributed by atoms with E-state index >= 15 is 0 Å². The zero-order valence-corrected chi connectivity index (χ0v) is 9.79. The number of rotatable bonds is 3. The van der Waals surface area contributed by atoms with Gasteiger partial charge in [-0.15, -0.1) is 0 Å². The summed E-state index contributed by atoms with van der Waals surface area (Å²) in [5.74, 6) is 0.926. The van der Waals surface area contributed by atoms with Crippen molar-refractivity contribution in [3.05, 3.63) is 17.7 Å². The van der Waals surface area contributed by atoms with Crippen LogP contribution in [0.5, 0.6) is 0 Å². The molecule has 0 saturated heterocycles. The van der Waals surface area contributed by atoms with Gasteiger partial charge in [0.1, 0.15) is 0 Å². The van der Waals surface area contributed by atoms with Crippen LogP contribution in [0.15, 0.2) is 6.33 Å². The molecule has 3 rings (SSSR count). The summed E-state index contributed by atoms with van der Waals surface area (Å²) in [6.45, 7) is 4.33. The van der Waals surface area contributed by atoms with Gasteiger partial charge in [0.25, 0.3) is 0 Å². The molecule has 0 amide bonds. The fraction of sp³-hybridized carbons (Fsp3) is 0.750. The predicted octanol–water partition coefficient (Wildman–Crippen LogP) is 0.812. The van der Waals surface area contributed by atoms with E-state index in [0.717, 1.165) is 31.5 Å². The molecule has 16 heavy (non-hydrogen) atoms. The van der Waals surface area contributed by atoms with Crippen molar-refractivity contribution in [2.45, 2.75) is 44.8 Å². The lowest BCUT2D eigenvalue weighted by atomic mass is 9.82. The summed E-state index contributed by atoms with van der Waals surface area (Å²) in [7, 11) is 0. The molecule has 2 aliphatic rings. The number of aromatic amines is 1. The molecular weight excluding hydrogens is 200 g/mol. The van der Waals surface area contributed by atoms with Crippen LogP contribution in [0.1, 0.15) is 31.2 Å². The Morgan fingerprint density at radius 3 is 3.19 bits per heavy atom. The molecule has 0 spiro atoms. The Morgan fingerprint density at radius 1 is 1.50 bits per heavy atom. The van der Waals surface area contributed by atoms with E-state index in [2.05, 4.69) is 27.5 Å². The second kappa shape index (κ2) is 4.18. The SMILES string of the molecule is CC1CC(NCC2Cc3nc[nH]c3CN2)C1. The van der Waals surface area contributed by atoms with Gasteiger partial charge >= 0.3 is 0 Å². The Morgan fingerprint density at radius 2 is 2.38 bits per heavy atom. The highest BCUT2D eigenvalue weighted by molar-refractivity contribution is 5.16. The van der Waals surface area contributed by atoms with E-state index in [1.807, 2.05) is 0 Å². The molecule has 4 nitrogen and oxygen atoms in total. The van der Waals surface area contributed by atoms with E-state index in [0.29, 0.717) is 6.04 Å². The number of nitrogens with zero attached hydrogens (tertiary/aromatic N) is 1. The van der Waals surface area contributed by atoms with Crippen LogP contribution in [0.3, 0.4) is 0 Å². The number of imidazole rings is 1. The fourth-order valence-electron chi connectivity index (χ4n) is 2.75. The molecule has 1 aliphatic carbocycles. The first-order valence-corrected chi connectivity index (χ1v) is 6.29. The van der Waals surface area contributed by atoms with E-state index in [1.54, 1.807) is 6.33 Å². The molecule has 88 valence electrons. The van der Waals surface area contributed by atoms with Crippen LogP contribution in [0, 0.1) is 5.92 Å². The van der Waals surface area contributed by atoms with Crippen molar-refractivity contribution in [2.75, 3.05) is 6.54 Å². The summed E-state index contributed by atoms with van der Waals surface area (Å²) in [4.78, 5) is 7.53. The number of aromatic nitrogens is 2. The number of hydrogen-bond donors (Lipinski definition) is 3. The average Bonchev–Trinajstić information content (AvgIpc) is 2.69. The second-order valence-electron chi connectivity index (χ2n) is 5.29. The largest absolute Gasteiger partial charge is 0.347 e. The molecule has 1 aromatic heterocycles. The summed E-state index contributed by atoms with van der Waals surface area (Å²) < 4.78 is 0. The first-order valence-electron chi connectivity index (χ1n) is 6.29. The minimum Gasteiger partial charge on any atom is -0.347 e. The topological polar surface area (TPSA) is 52.7 Å². The molecule has 1 unspecified atom stereocenters. The number of hydrogen-bond acceptors (Lipinski definition) is 3. The summed E-state index contributed by atoms with van der Waals surface area (Å²) >= 11 is 0. The summed E-state index contributed by atoms with van der Waals surface area (Å²) in [6.07, 6.45) is 5.55. The Bertz CT molecular complexity index is 354. The number of H-pyrrole nitrogens is 1. The van der Waals surface area contributed by atoms with E-state index in [1.165, 1.54) is 24.2 Å². The third-order valence-corrected chi connectivity index (χ3v) is 3.84. The second-order valence-corrected chi connectivity index (χ2v) is 5.29. The highest BCUT2D eigenvalue weighted by atomic mass is 15.0. The molecule has 1 atom stereocenters.